The Kier molecular flexibility index (Phi) is 12.3. The van der Waals surface area contributed by atoms with E-state index in [0.717, 1.165) is 24.2 Å². The van der Waals surface area contributed by atoms with Crippen molar-refractivity contribution in [3.05, 3.63) is 47.5 Å². The van der Waals surface area contributed by atoms with Gasteiger partial charge in [0.2, 0.25) is 0 Å². The van der Waals surface area contributed by atoms with Gasteiger partial charge in [0.25, 0.3) is 0 Å². The third kappa shape index (κ3) is 11.2. The highest BCUT2D eigenvalue weighted by Gasteiger charge is 2.12. The van der Waals surface area contributed by atoms with Crippen molar-refractivity contribution >= 4 is 26.9 Å². The lowest BCUT2D eigenvalue weighted by Crippen LogP contribution is -2.08. The van der Waals surface area contributed by atoms with E-state index in [4.69, 9.17) is 5.26 Å². The van der Waals surface area contributed by atoms with Crippen LogP contribution in [0.5, 0.6) is 0 Å². The second kappa shape index (κ2) is 14.3. The van der Waals surface area contributed by atoms with Gasteiger partial charge in [0.1, 0.15) is 5.04 Å². The summed E-state index contributed by atoms with van der Waals surface area (Å²) in [5, 5.41) is 12.6. The Morgan fingerprint density at radius 1 is 1.18 bits per heavy atom. The quantitative estimate of drug-likeness (QED) is 0.374. The number of oxime groups is 1. The van der Waals surface area contributed by atoms with Gasteiger partial charge in [-0.25, -0.2) is 0 Å². The molecule has 1 aliphatic rings. The second-order valence-electron chi connectivity index (χ2n) is 6.51. The fourth-order valence-electron chi connectivity index (χ4n) is 2.47. The van der Waals surface area contributed by atoms with Crippen molar-refractivity contribution < 1.29 is 12.7 Å². The van der Waals surface area contributed by atoms with E-state index < -0.39 is 10.1 Å². The summed E-state index contributed by atoms with van der Waals surface area (Å²) in [6.07, 6.45) is 10.5. The van der Waals surface area contributed by atoms with Gasteiger partial charge >= 0.3 is 10.1 Å². The molecule has 0 unspecified atom stereocenters. The first-order valence-electron chi connectivity index (χ1n) is 9.68. The predicted octanol–water partition coefficient (Wildman–Crippen LogP) is 5.37. The molecular formula is C21H30N2O3S2. The minimum Gasteiger partial charge on any atom is -0.267 e. The largest absolute Gasteiger partial charge is 0.328 e. The first kappa shape index (κ1) is 24.3. The van der Waals surface area contributed by atoms with Crippen molar-refractivity contribution in [2.75, 3.05) is 11.5 Å². The lowest BCUT2D eigenvalue weighted by molar-refractivity contribution is 0.339. The Balaban J connectivity index is 0.000000330. The molecule has 1 aromatic carbocycles. The smallest absolute Gasteiger partial charge is 0.267 e. The maximum Gasteiger partial charge on any atom is 0.328 e. The molecule has 0 bridgehead atoms. The van der Waals surface area contributed by atoms with E-state index in [-0.39, 0.29) is 5.75 Å². The van der Waals surface area contributed by atoms with Crippen LogP contribution in [0.15, 0.2) is 41.6 Å². The van der Waals surface area contributed by atoms with Crippen LogP contribution in [0.2, 0.25) is 0 Å². The minimum atomic E-state index is -3.50. The van der Waals surface area contributed by atoms with Crippen LogP contribution < -0.4 is 0 Å². The third-order valence-corrected chi connectivity index (χ3v) is 6.06. The van der Waals surface area contributed by atoms with E-state index in [9.17, 15) is 8.42 Å². The monoisotopic (exact) mass is 422 g/mol. The SMILES string of the molecule is CCCCCCCCS(=O)(=O)ON=C1C=CCS1.Cc1ccccc1CC#N. The highest BCUT2D eigenvalue weighted by Crippen LogP contribution is 2.14. The molecule has 28 heavy (non-hydrogen) atoms. The number of nitriles is 1. The van der Waals surface area contributed by atoms with Crippen LogP contribution in [0.1, 0.15) is 56.6 Å². The molecule has 1 heterocycles. The van der Waals surface area contributed by atoms with Gasteiger partial charge in [-0.15, -0.1) is 0 Å². The summed E-state index contributed by atoms with van der Waals surface area (Å²) in [7, 11) is -3.50. The molecule has 154 valence electrons. The van der Waals surface area contributed by atoms with Crippen molar-refractivity contribution in [2.45, 2.75) is 58.8 Å². The Bertz CT molecular complexity index is 781. The lowest BCUT2D eigenvalue weighted by Gasteiger charge is -2.02. The van der Waals surface area contributed by atoms with Crippen LogP contribution in [-0.4, -0.2) is 25.0 Å². The molecule has 5 nitrogen and oxygen atoms in total. The summed E-state index contributed by atoms with van der Waals surface area (Å²) in [5.74, 6) is 0.893. The van der Waals surface area contributed by atoms with E-state index in [1.165, 1.54) is 36.6 Å². The molecule has 0 saturated heterocycles. The highest BCUT2D eigenvalue weighted by molar-refractivity contribution is 8.14. The minimum absolute atomic E-state index is 0.0598. The zero-order valence-electron chi connectivity index (χ0n) is 16.8. The number of nitrogens with zero attached hydrogens (tertiary/aromatic N) is 2. The molecule has 0 atom stereocenters. The number of thioether (sulfide) groups is 1. The molecule has 1 aliphatic heterocycles. The Morgan fingerprint density at radius 3 is 2.54 bits per heavy atom. The first-order chi connectivity index (χ1) is 13.5. The Morgan fingerprint density at radius 2 is 1.89 bits per heavy atom. The number of unbranched alkanes of at least 4 members (excludes halogenated alkanes) is 5. The zero-order chi connectivity index (χ0) is 20.7. The highest BCUT2D eigenvalue weighted by atomic mass is 32.2. The molecule has 0 aliphatic carbocycles. The summed E-state index contributed by atoms with van der Waals surface area (Å²) in [6.45, 7) is 4.18. The van der Waals surface area contributed by atoms with Gasteiger partial charge in [-0.1, -0.05) is 86.3 Å². The van der Waals surface area contributed by atoms with Crippen molar-refractivity contribution in [3.63, 3.8) is 0 Å². The molecule has 0 amide bonds. The molecular weight excluding hydrogens is 392 g/mol. The van der Waals surface area contributed by atoms with E-state index >= 15 is 0 Å². The van der Waals surface area contributed by atoms with E-state index in [2.05, 4.69) is 22.4 Å². The fraction of sp³-hybridized carbons (Fsp3) is 0.524. The van der Waals surface area contributed by atoms with Gasteiger partial charge in [-0.05, 0) is 30.5 Å². The van der Waals surface area contributed by atoms with Crippen LogP contribution in [0, 0.1) is 18.3 Å². The average molecular weight is 423 g/mol. The van der Waals surface area contributed by atoms with Gasteiger partial charge in [-0.2, -0.15) is 13.7 Å². The zero-order valence-corrected chi connectivity index (χ0v) is 18.4. The van der Waals surface area contributed by atoms with Crippen molar-refractivity contribution in [3.8, 4) is 6.07 Å². The van der Waals surface area contributed by atoms with Crippen LogP contribution in [0.4, 0.5) is 0 Å². The van der Waals surface area contributed by atoms with Crippen LogP contribution in [0.25, 0.3) is 0 Å². The Labute approximate surface area is 174 Å². The van der Waals surface area contributed by atoms with Gasteiger partial charge < -0.3 is 0 Å². The predicted molar refractivity (Wildman–Crippen MR) is 118 cm³/mol. The van der Waals surface area contributed by atoms with Gasteiger partial charge in [0, 0.05) is 5.75 Å². The number of hydrogen-bond donors (Lipinski definition) is 0. The van der Waals surface area contributed by atoms with Crippen LogP contribution in [-0.2, 0) is 20.8 Å². The second-order valence-corrected chi connectivity index (χ2v) is 9.22. The molecule has 0 fully saturated rings. The van der Waals surface area contributed by atoms with Crippen LogP contribution in [0.3, 0.4) is 0 Å². The summed E-state index contributed by atoms with van der Waals surface area (Å²) < 4.78 is 27.7. The number of benzene rings is 1. The topological polar surface area (TPSA) is 79.5 Å². The van der Waals surface area contributed by atoms with Crippen molar-refractivity contribution in [2.24, 2.45) is 5.16 Å². The maximum atomic E-state index is 11.5. The molecule has 0 saturated carbocycles. The summed E-state index contributed by atoms with van der Waals surface area (Å²) in [4.78, 5) is 0. The standard InChI is InChI=1S/C12H21NO3S2.C9H9N/c1-2-3-4-5-6-7-11-18(14,15)16-13-12-9-8-10-17-12;1-8-4-2-3-5-9(8)6-7-10/h8-9H,2-7,10-11H2,1H3;2-5H,6H2,1H3. The fourth-order valence-corrected chi connectivity index (χ4v) is 3.99. The van der Waals surface area contributed by atoms with Crippen molar-refractivity contribution in [1.82, 2.24) is 0 Å². The third-order valence-electron chi connectivity index (χ3n) is 4.11. The van der Waals surface area contributed by atoms with E-state index in [1.54, 1.807) is 6.08 Å². The van der Waals surface area contributed by atoms with E-state index in [0.29, 0.717) is 17.9 Å². The molecule has 0 spiro atoms. The molecule has 0 N–H and O–H groups in total. The number of hydrogen-bond acceptors (Lipinski definition) is 6. The summed E-state index contributed by atoms with van der Waals surface area (Å²) in [5.41, 5.74) is 2.33. The van der Waals surface area contributed by atoms with Gasteiger partial charge in [0.05, 0.1) is 18.2 Å². The molecule has 7 heteroatoms. The maximum absolute atomic E-state index is 11.5. The molecule has 0 aromatic heterocycles. The molecule has 2 rings (SSSR count). The first-order valence-corrected chi connectivity index (χ1v) is 12.2. The van der Waals surface area contributed by atoms with Gasteiger partial charge in [-0.3, -0.25) is 4.28 Å². The number of rotatable bonds is 10. The van der Waals surface area contributed by atoms with E-state index in [1.807, 2.05) is 37.3 Å². The Hall–Kier alpha value is -1.78. The van der Waals surface area contributed by atoms with Gasteiger partial charge in [0.15, 0.2) is 0 Å². The average Bonchev–Trinajstić information content (AvgIpc) is 3.19. The molecule has 0 radical (unpaired) electrons. The normalized spacial score (nSPS) is 14.4. The number of aryl methyl sites for hydroxylation is 1. The summed E-state index contributed by atoms with van der Waals surface area (Å²) >= 11 is 1.47. The lowest BCUT2D eigenvalue weighted by atomic mass is 10.1. The summed E-state index contributed by atoms with van der Waals surface area (Å²) in [6, 6.07) is 10.1. The van der Waals surface area contributed by atoms with Crippen molar-refractivity contribution in [1.29, 1.82) is 5.26 Å². The van der Waals surface area contributed by atoms with Crippen LogP contribution >= 0.6 is 11.8 Å². The molecule has 1 aromatic rings.